The summed E-state index contributed by atoms with van der Waals surface area (Å²) in [4.78, 5) is 24.1. The maximum Gasteiger partial charge on any atom is 0.416 e. The lowest BCUT2D eigenvalue weighted by atomic mass is 9.98. The largest absolute Gasteiger partial charge is 0.480 e. The van der Waals surface area contributed by atoms with Crippen LogP contribution in [0.5, 0.6) is 0 Å². The van der Waals surface area contributed by atoms with Gasteiger partial charge in [0, 0.05) is 6.42 Å². The van der Waals surface area contributed by atoms with Crippen molar-refractivity contribution in [3.05, 3.63) is 82.9 Å². The third-order valence-corrected chi connectivity index (χ3v) is 4.95. The summed E-state index contributed by atoms with van der Waals surface area (Å²) in [6.45, 7) is 0. The van der Waals surface area contributed by atoms with Crippen LogP contribution in [0.25, 0.3) is 10.8 Å². The van der Waals surface area contributed by atoms with Crippen molar-refractivity contribution in [1.29, 1.82) is 0 Å². The molecular formula is C23H17F6NO3. The van der Waals surface area contributed by atoms with E-state index in [2.05, 4.69) is 5.32 Å². The lowest BCUT2D eigenvalue weighted by Gasteiger charge is -2.17. The van der Waals surface area contributed by atoms with E-state index in [1.807, 2.05) is 12.1 Å². The van der Waals surface area contributed by atoms with Gasteiger partial charge in [0.25, 0.3) is 0 Å². The summed E-state index contributed by atoms with van der Waals surface area (Å²) >= 11 is 0. The molecule has 3 rings (SSSR count). The third-order valence-electron chi connectivity index (χ3n) is 4.95. The minimum Gasteiger partial charge on any atom is -0.480 e. The van der Waals surface area contributed by atoms with Gasteiger partial charge in [0.2, 0.25) is 5.91 Å². The highest BCUT2D eigenvalue weighted by Gasteiger charge is 2.37. The Balaban J connectivity index is 1.82. The number of rotatable bonds is 6. The van der Waals surface area contributed by atoms with E-state index in [1.165, 1.54) is 0 Å². The Hall–Kier alpha value is -3.56. The highest BCUT2D eigenvalue weighted by atomic mass is 19.4. The van der Waals surface area contributed by atoms with Crippen LogP contribution in [-0.4, -0.2) is 23.0 Å². The number of hydrogen-bond donors (Lipinski definition) is 2. The van der Waals surface area contributed by atoms with E-state index >= 15 is 0 Å². The first-order chi connectivity index (χ1) is 15.3. The number of hydrogen-bond acceptors (Lipinski definition) is 2. The van der Waals surface area contributed by atoms with Crippen molar-refractivity contribution in [3.63, 3.8) is 0 Å². The predicted molar refractivity (Wildman–Crippen MR) is 107 cm³/mol. The summed E-state index contributed by atoms with van der Waals surface area (Å²) in [7, 11) is 0. The summed E-state index contributed by atoms with van der Waals surface area (Å²) in [6.07, 6.45) is -11.1. The van der Waals surface area contributed by atoms with Crippen LogP contribution < -0.4 is 5.32 Å². The second kappa shape index (κ2) is 9.13. The lowest BCUT2D eigenvalue weighted by Crippen LogP contribution is -2.43. The number of carboxylic acid groups (broad SMARTS) is 1. The van der Waals surface area contributed by atoms with Gasteiger partial charge in [-0.25, -0.2) is 4.79 Å². The van der Waals surface area contributed by atoms with E-state index in [0.717, 1.165) is 10.8 Å². The zero-order valence-corrected chi connectivity index (χ0v) is 16.8. The molecule has 2 N–H and O–H groups in total. The Labute approximate surface area is 183 Å². The molecule has 0 aliphatic carbocycles. The van der Waals surface area contributed by atoms with Crippen molar-refractivity contribution in [1.82, 2.24) is 5.32 Å². The molecule has 0 unspecified atom stereocenters. The summed E-state index contributed by atoms with van der Waals surface area (Å²) in [5.41, 5.74) is -3.03. The molecule has 0 saturated carbocycles. The van der Waals surface area contributed by atoms with Crippen molar-refractivity contribution in [2.24, 2.45) is 0 Å². The molecule has 0 aromatic heterocycles. The van der Waals surface area contributed by atoms with Gasteiger partial charge >= 0.3 is 18.3 Å². The predicted octanol–water partition coefficient (Wildman–Crippen LogP) is 5.23. The second-order valence-electron chi connectivity index (χ2n) is 7.39. The highest BCUT2D eigenvalue weighted by Crippen LogP contribution is 2.36. The van der Waals surface area contributed by atoms with Crippen LogP contribution >= 0.6 is 0 Å². The molecule has 3 aromatic carbocycles. The first-order valence-electron chi connectivity index (χ1n) is 9.62. The van der Waals surface area contributed by atoms with Crippen molar-refractivity contribution < 1.29 is 41.0 Å². The quantitative estimate of drug-likeness (QED) is 0.486. The molecule has 0 bridgehead atoms. The molecule has 1 atom stereocenters. The number of carbonyl (C=O) groups is 2. The maximum atomic E-state index is 13.0. The van der Waals surface area contributed by atoms with Crippen LogP contribution in [0.2, 0.25) is 0 Å². The Morgan fingerprint density at radius 2 is 1.42 bits per heavy atom. The smallest absolute Gasteiger partial charge is 0.416 e. The number of carboxylic acids is 1. The summed E-state index contributed by atoms with van der Waals surface area (Å²) in [6, 6.07) is 11.7. The van der Waals surface area contributed by atoms with Gasteiger partial charge < -0.3 is 10.4 Å². The fourth-order valence-electron chi connectivity index (χ4n) is 3.44. The van der Waals surface area contributed by atoms with Crippen molar-refractivity contribution in [2.45, 2.75) is 31.2 Å². The van der Waals surface area contributed by atoms with Crippen molar-refractivity contribution in [2.75, 3.05) is 0 Å². The fourth-order valence-corrected chi connectivity index (χ4v) is 3.44. The summed E-state index contributed by atoms with van der Waals surface area (Å²) in [5.74, 6) is -2.41. The molecule has 33 heavy (non-hydrogen) atoms. The number of fused-ring (bicyclic) bond motifs is 1. The average Bonchev–Trinajstić information content (AvgIpc) is 2.72. The topological polar surface area (TPSA) is 66.4 Å². The molecule has 174 valence electrons. The molecule has 0 aliphatic heterocycles. The molecule has 10 heteroatoms. The molecule has 0 radical (unpaired) electrons. The van der Waals surface area contributed by atoms with Gasteiger partial charge in [-0.3, -0.25) is 4.79 Å². The molecule has 0 saturated heterocycles. The van der Waals surface area contributed by atoms with Crippen LogP contribution in [0.15, 0.2) is 60.7 Å². The number of aliphatic carboxylic acids is 1. The van der Waals surface area contributed by atoms with Crippen LogP contribution in [0.3, 0.4) is 0 Å². The van der Waals surface area contributed by atoms with Gasteiger partial charge in [-0.05, 0) is 40.1 Å². The Bertz CT molecular complexity index is 1150. The first-order valence-corrected chi connectivity index (χ1v) is 9.62. The normalized spacial score (nSPS) is 13.0. The number of alkyl halides is 6. The zero-order chi connectivity index (χ0) is 24.4. The number of carbonyl (C=O) groups excluding carboxylic acids is 1. The molecule has 4 nitrogen and oxygen atoms in total. The van der Waals surface area contributed by atoms with Gasteiger partial charge in [-0.15, -0.1) is 0 Å². The average molecular weight is 469 g/mol. The van der Waals surface area contributed by atoms with Gasteiger partial charge in [0.15, 0.2) is 0 Å². The molecular weight excluding hydrogens is 452 g/mol. The minimum absolute atomic E-state index is 0.0397. The van der Waals surface area contributed by atoms with Crippen molar-refractivity contribution in [3.8, 4) is 0 Å². The Morgan fingerprint density at radius 1 is 0.848 bits per heavy atom. The lowest BCUT2D eigenvalue weighted by molar-refractivity contribution is -0.143. The number of benzene rings is 3. The number of halogens is 6. The SMILES string of the molecule is O=C(Cc1cc(C(F)(F)F)cc(C(F)(F)F)c1)N[C@@H](Cc1cccc2ccccc12)C(=O)O. The summed E-state index contributed by atoms with van der Waals surface area (Å²) < 4.78 is 78.1. The van der Waals surface area contributed by atoms with Gasteiger partial charge in [-0.2, -0.15) is 26.3 Å². The van der Waals surface area contributed by atoms with Crippen LogP contribution in [0.4, 0.5) is 26.3 Å². The van der Waals surface area contributed by atoms with Crippen molar-refractivity contribution >= 4 is 22.6 Å². The van der Waals surface area contributed by atoms with Gasteiger partial charge in [0.05, 0.1) is 17.5 Å². The van der Waals surface area contributed by atoms with E-state index in [1.54, 1.807) is 30.3 Å². The molecule has 0 aliphatic rings. The Kier molecular flexibility index (Phi) is 6.66. The zero-order valence-electron chi connectivity index (χ0n) is 16.8. The van der Waals surface area contributed by atoms with E-state index in [-0.39, 0.29) is 12.5 Å². The van der Waals surface area contributed by atoms with E-state index < -0.39 is 53.4 Å². The maximum absolute atomic E-state index is 13.0. The van der Waals surface area contributed by atoms with Gasteiger partial charge in [0.1, 0.15) is 6.04 Å². The standard InChI is InChI=1S/C23H17F6NO3/c24-22(25,26)16-8-13(9-17(12-16)23(27,28)29)10-20(31)30-19(21(32)33)11-15-6-3-5-14-4-1-2-7-18(14)15/h1-9,12,19H,10-11H2,(H,30,31)(H,32,33)/t19-/m0/s1. The highest BCUT2D eigenvalue weighted by molar-refractivity contribution is 5.88. The second-order valence-corrected chi connectivity index (χ2v) is 7.39. The molecule has 0 heterocycles. The first kappa shape index (κ1) is 24.1. The van der Waals surface area contributed by atoms with Gasteiger partial charge in [-0.1, -0.05) is 42.5 Å². The van der Waals surface area contributed by atoms with Crippen LogP contribution in [0.1, 0.15) is 22.3 Å². The third kappa shape index (κ3) is 6.03. The number of amides is 1. The van der Waals surface area contributed by atoms with Crippen LogP contribution in [0, 0.1) is 0 Å². The van der Waals surface area contributed by atoms with E-state index in [4.69, 9.17) is 0 Å². The minimum atomic E-state index is -5.05. The monoisotopic (exact) mass is 469 g/mol. The number of nitrogens with one attached hydrogen (secondary N) is 1. The van der Waals surface area contributed by atoms with E-state index in [9.17, 15) is 41.0 Å². The molecule has 0 fully saturated rings. The summed E-state index contributed by atoms with van der Waals surface area (Å²) in [5, 5.41) is 13.3. The fraction of sp³-hybridized carbons (Fsp3) is 0.217. The molecule has 1 amide bonds. The molecule has 3 aromatic rings. The Morgan fingerprint density at radius 3 is 2.00 bits per heavy atom. The molecule has 0 spiro atoms. The van der Waals surface area contributed by atoms with E-state index in [0.29, 0.717) is 17.7 Å². The van der Waals surface area contributed by atoms with Crippen LogP contribution in [-0.2, 0) is 34.8 Å².